The fraction of sp³-hybridized carbons (Fsp3) is 0.304. The zero-order chi connectivity index (χ0) is 24.6. The van der Waals surface area contributed by atoms with Crippen LogP contribution in [0.4, 0.5) is 24.5 Å². The van der Waals surface area contributed by atoms with Crippen LogP contribution in [0.15, 0.2) is 47.6 Å². The van der Waals surface area contributed by atoms with Crippen molar-refractivity contribution in [1.82, 2.24) is 14.8 Å². The highest BCUT2D eigenvalue weighted by molar-refractivity contribution is 7.99. The van der Waals surface area contributed by atoms with Crippen molar-refractivity contribution in [3.8, 4) is 11.4 Å². The number of halogens is 3. The van der Waals surface area contributed by atoms with Crippen molar-refractivity contribution in [2.45, 2.75) is 36.6 Å². The SMILES string of the molecule is O=C(CSc1nnc(-c2ccc(F)cc2)n1CC1CCCO1)Nc1ccc2c(c1)C(F)(F)C(=O)N2. The van der Waals surface area contributed by atoms with E-state index in [1.807, 2.05) is 4.57 Å². The molecule has 3 heterocycles. The Bertz CT molecular complexity index is 1280. The summed E-state index contributed by atoms with van der Waals surface area (Å²) in [5, 5.41) is 13.6. The van der Waals surface area contributed by atoms with Gasteiger partial charge in [0.2, 0.25) is 5.91 Å². The number of fused-ring (bicyclic) bond motifs is 1. The summed E-state index contributed by atoms with van der Waals surface area (Å²) in [6.07, 6.45) is 1.80. The molecule has 1 fully saturated rings. The Hall–Kier alpha value is -3.38. The lowest BCUT2D eigenvalue weighted by Crippen LogP contribution is -2.24. The maximum atomic E-state index is 14.0. The van der Waals surface area contributed by atoms with Crippen LogP contribution in [0.2, 0.25) is 0 Å². The molecule has 0 spiro atoms. The van der Waals surface area contributed by atoms with Crippen LogP contribution in [0.5, 0.6) is 0 Å². The molecular formula is C23H20F3N5O3S. The van der Waals surface area contributed by atoms with Gasteiger partial charge in [-0.2, -0.15) is 8.78 Å². The van der Waals surface area contributed by atoms with Gasteiger partial charge in [-0.1, -0.05) is 11.8 Å². The average molecular weight is 504 g/mol. The molecule has 1 aromatic heterocycles. The van der Waals surface area contributed by atoms with E-state index >= 15 is 0 Å². The van der Waals surface area contributed by atoms with Gasteiger partial charge in [0.15, 0.2) is 11.0 Å². The summed E-state index contributed by atoms with van der Waals surface area (Å²) in [5.41, 5.74) is 0.366. The lowest BCUT2D eigenvalue weighted by atomic mass is 10.1. The second kappa shape index (κ2) is 9.34. The van der Waals surface area contributed by atoms with Gasteiger partial charge < -0.3 is 15.4 Å². The molecule has 1 atom stereocenters. The largest absolute Gasteiger partial charge is 0.376 e. The first-order chi connectivity index (χ1) is 16.8. The second-order valence-electron chi connectivity index (χ2n) is 8.18. The summed E-state index contributed by atoms with van der Waals surface area (Å²) in [6, 6.07) is 9.74. The van der Waals surface area contributed by atoms with Crippen molar-refractivity contribution in [3.63, 3.8) is 0 Å². The molecule has 0 saturated carbocycles. The van der Waals surface area contributed by atoms with Crippen LogP contribution in [0.3, 0.4) is 0 Å². The Morgan fingerprint density at radius 3 is 2.77 bits per heavy atom. The van der Waals surface area contributed by atoms with Crippen LogP contribution in [0, 0.1) is 5.82 Å². The van der Waals surface area contributed by atoms with Gasteiger partial charge in [-0.3, -0.25) is 14.2 Å². The maximum absolute atomic E-state index is 14.0. The number of aromatic nitrogens is 3. The summed E-state index contributed by atoms with van der Waals surface area (Å²) < 4.78 is 49.0. The molecule has 2 aliphatic rings. The number of nitrogens with zero attached hydrogens (tertiary/aromatic N) is 3. The number of nitrogens with one attached hydrogen (secondary N) is 2. The number of amides is 2. The fourth-order valence-corrected chi connectivity index (χ4v) is 4.75. The number of carbonyl (C=O) groups is 2. The van der Waals surface area contributed by atoms with E-state index in [4.69, 9.17) is 4.74 Å². The Balaban J connectivity index is 1.30. The molecule has 1 saturated heterocycles. The minimum absolute atomic E-state index is 0.0166. The van der Waals surface area contributed by atoms with Gasteiger partial charge in [0.1, 0.15) is 5.82 Å². The molecule has 1 unspecified atom stereocenters. The zero-order valence-electron chi connectivity index (χ0n) is 18.3. The normalized spacial score (nSPS) is 18.4. The van der Waals surface area contributed by atoms with Gasteiger partial charge in [-0.15, -0.1) is 10.2 Å². The molecule has 8 nitrogen and oxygen atoms in total. The zero-order valence-corrected chi connectivity index (χ0v) is 19.1. The monoisotopic (exact) mass is 503 g/mol. The summed E-state index contributed by atoms with van der Waals surface area (Å²) in [4.78, 5) is 24.0. The van der Waals surface area contributed by atoms with Gasteiger partial charge in [0.25, 0.3) is 5.91 Å². The van der Waals surface area contributed by atoms with Crippen molar-refractivity contribution in [2.75, 3.05) is 23.0 Å². The average Bonchev–Trinajstić information content (AvgIpc) is 3.54. The molecule has 3 aromatic rings. The number of hydrogen-bond acceptors (Lipinski definition) is 6. The highest BCUT2D eigenvalue weighted by Gasteiger charge is 2.48. The van der Waals surface area contributed by atoms with Crippen molar-refractivity contribution in [1.29, 1.82) is 0 Å². The molecule has 35 heavy (non-hydrogen) atoms. The molecule has 2 N–H and O–H groups in total. The van der Waals surface area contributed by atoms with E-state index in [2.05, 4.69) is 20.8 Å². The molecular weight excluding hydrogens is 483 g/mol. The lowest BCUT2D eigenvalue weighted by molar-refractivity contribution is -0.139. The molecule has 2 amide bonds. The molecule has 182 valence electrons. The fourth-order valence-electron chi connectivity index (χ4n) is 4.01. The topological polar surface area (TPSA) is 98.1 Å². The molecule has 12 heteroatoms. The van der Waals surface area contributed by atoms with Crippen LogP contribution in [0.1, 0.15) is 18.4 Å². The Morgan fingerprint density at radius 1 is 1.23 bits per heavy atom. The Labute approximate surface area is 202 Å². The first kappa shape index (κ1) is 23.4. The summed E-state index contributed by atoms with van der Waals surface area (Å²) in [5.74, 6) is -5.38. The van der Waals surface area contributed by atoms with E-state index < -0.39 is 23.3 Å². The maximum Gasteiger partial charge on any atom is 0.352 e. The van der Waals surface area contributed by atoms with E-state index in [1.165, 1.54) is 24.3 Å². The highest BCUT2D eigenvalue weighted by atomic mass is 32.2. The smallest absolute Gasteiger partial charge is 0.352 e. The molecule has 2 aliphatic heterocycles. The second-order valence-corrected chi connectivity index (χ2v) is 9.13. The summed E-state index contributed by atoms with van der Waals surface area (Å²) in [6.45, 7) is 1.15. The number of hydrogen-bond donors (Lipinski definition) is 2. The van der Waals surface area contributed by atoms with Crippen LogP contribution >= 0.6 is 11.8 Å². The number of benzene rings is 2. The van der Waals surface area contributed by atoms with Crippen molar-refractivity contribution in [2.24, 2.45) is 0 Å². The molecule has 0 radical (unpaired) electrons. The van der Waals surface area contributed by atoms with E-state index in [-0.39, 0.29) is 29.0 Å². The predicted molar refractivity (Wildman–Crippen MR) is 123 cm³/mol. The van der Waals surface area contributed by atoms with Crippen molar-refractivity contribution >= 4 is 35.0 Å². The molecule has 2 aromatic carbocycles. The minimum atomic E-state index is -3.65. The van der Waals surface area contributed by atoms with E-state index in [1.54, 1.807) is 12.1 Å². The quantitative estimate of drug-likeness (QED) is 0.473. The number of thioether (sulfide) groups is 1. The molecule has 0 aliphatic carbocycles. The first-order valence-electron chi connectivity index (χ1n) is 10.9. The Kier molecular flexibility index (Phi) is 6.24. The third-order valence-corrected chi connectivity index (χ3v) is 6.70. The first-order valence-corrected chi connectivity index (χ1v) is 11.9. The molecule has 0 bridgehead atoms. The van der Waals surface area contributed by atoms with E-state index in [9.17, 15) is 22.8 Å². The van der Waals surface area contributed by atoms with Gasteiger partial charge in [-0.25, -0.2) is 4.39 Å². The van der Waals surface area contributed by atoms with Gasteiger partial charge in [0.05, 0.1) is 29.7 Å². The summed E-state index contributed by atoms with van der Waals surface area (Å²) in [7, 11) is 0. The number of anilines is 2. The van der Waals surface area contributed by atoms with Crippen LogP contribution in [0.25, 0.3) is 11.4 Å². The number of carbonyl (C=O) groups excluding carboxylic acids is 2. The van der Waals surface area contributed by atoms with Crippen molar-refractivity contribution in [3.05, 3.63) is 53.8 Å². The minimum Gasteiger partial charge on any atom is -0.376 e. The third-order valence-electron chi connectivity index (χ3n) is 5.74. The third kappa shape index (κ3) is 4.76. The van der Waals surface area contributed by atoms with Gasteiger partial charge in [-0.05, 0) is 55.3 Å². The van der Waals surface area contributed by atoms with Crippen molar-refractivity contribution < 1.29 is 27.5 Å². The lowest BCUT2D eigenvalue weighted by Gasteiger charge is -2.15. The van der Waals surface area contributed by atoms with Crippen LogP contribution in [-0.4, -0.2) is 45.0 Å². The van der Waals surface area contributed by atoms with E-state index in [0.717, 1.165) is 30.7 Å². The van der Waals surface area contributed by atoms with Crippen LogP contribution < -0.4 is 10.6 Å². The van der Waals surface area contributed by atoms with Crippen LogP contribution in [-0.2, 0) is 26.8 Å². The molecule has 5 rings (SSSR count). The number of ether oxygens (including phenoxy) is 1. The predicted octanol–water partition coefficient (Wildman–Crippen LogP) is 4.04. The number of alkyl halides is 2. The van der Waals surface area contributed by atoms with Gasteiger partial charge >= 0.3 is 5.92 Å². The highest BCUT2D eigenvalue weighted by Crippen LogP contribution is 2.41. The standard InChI is InChI=1S/C23H20F3N5O3S/c24-14-5-3-13(4-6-14)20-29-30-22(31(20)11-16-2-1-9-34-16)35-12-19(32)27-15-7-8-18-17(10-15)23(25,26)21(33)28-18/h3-8,10,16H,1-2,9,11-12H2,(H,27,32)(H,28,33). The summed E-state index contributed by atoms with van der Waals surface area (Å²) >= 11 is 1.14. The van der Waals surface area contributed by atoms with Gasteiger partial charge in [0, 0.05) is 17.9 Å². The number of rotatable bonds is 7. The van der Waals surface area contributed by atoms with E-state index in [0.29, 0.717) is 29.7 Å². The Morgan fingerprint density at radius 2 is 2.03 bits per heavy atom.